The summed E-state index contributed by atoms with van der Waals surface area (Å²) in [5.74, 6) is -3.60. The van der Waals surface area contributed by atoms with Crippen molar-refractivity contribution >= 4 is 45.2 Å². The number of aliphatic carboxylic acids is 1. The van der Waals surface area contributed by atoms with Gasteiger partial charge in [-0.05, 0) is 50.6 Å². The highest BCUT2D eigenvalue weighted by molar-refractivity contribution is 7.86. The summed E-state index contributed by atoms with van der Waals surface area (Å²) >= 11 is 0. The monoisotopic (exact) mass is 503 g/mol. The molecule has 1 aliphatic heterocycles. The molecule has 0 unspecified atom stereocenters. The molecule has 1 atom stereocenters. The molecule has 2 aromatic rings. The van der Waals surface area contributed by atoms with E-state index in [4.69, 9.17) is 0 Å². The van der Waals surface area contributed by atoms with E-state index in [9.17, 15) is 37.3 Å². The van der Waals surface area contributed by atoms with Crippen molar-refractivity contribution in [3.63, 3.8) is 0 Å². The fourth-order valence-corrected chi connectivity index (χ4v) is 4.71. The first-order valence-corrected chi connectivity index (χ1v) is 12.3. The first kappa shape index (κ1) is 25.8. The first-order chi connectivity index (χ1) is 16.5. The van der Waals surface area contributed by atoms with Crippen LogP contribution < -0.4 is 10.2 Å². The lowest BCUT2D eigenvalue weighted by Crippen LogP contribution is -2.45. The fraction of sp³-hybridized carbons (Fsp3) is 0.304. The second-order valence-electron chi connectivity index (χ2n) is 7.80. The highest BCUT2D eigenvalue weighted by Gasteiger charge is 2.42. The maximum atomic E-state index is 12.6. The number of carbonyl (C=O) groups excluding carboxylic acids is 3. The molecule has 0 spiro atoms. The number of carboxylic acid groups (broad SMARTS) is 1. The average Bonchev–Trinajstić information content (AvgIpc) is 3.05. The van der Waals surface area contributed by atoms with Crippen LogP contribution in [0.4, 0.5) is 11.4 Å². The van der Waals surface area contributed by atoms with Crippen molar-refractivity contribution in [2.75, 3.05) is 23.3 Å². The van der Waals surface area contributed by atoms with Gasteiger partial charge in [0.2, 0.25) is 5.91 Å². The van der Waals surface area contributed by atoms with Crippen LogP contribution in [-0.2, 0) is 19.7 Å². The minimum absolute atomic E-state index is 0.0751. The molecule has 35 heavy (non-hydrogen) atoms. The number of anilines is 2. The van der Waals surface area contributed by atoms with Crippen LogP contribution in [0.1, 0.15) is 47.4 Å². The maximum Gasteiger partial charge on any atom is 0.326 e. The van der Waals surface area contributed by atoms with Crippen LogP contribution in [0.5, 0.6) is 0 Å². The van der Waals surface area contributed by atoms with E-state index in [0.717, 1.165) is 6.07 Å². The molecule has 3 N–H and O–H groups in total. The second kappa shape index (κ2) is 10.2. The molecule has 0 saturated heterocycles. The number of benzene rings is 2. The Kier molecular flexibility index (Phi) is 7.56. The van der Waals surface area contributed by atoms with Gasteiger partial charge in [0.25, 0.3) is 21.9 Å². The van der Waals surface area contributed by atoms with Gasteiger partial charge in [0.1, 0.15) is 10.9 Å². The Balaban J connectivity index is 1.75. The third kappa shape index (κ3) is 5.33. The second-order valence-corrected chi connectivity index (χ2v) is 9.19. The third-order valence-electron chi connectivity index (χ3n) is 5.69. The number of nitrogens with zero attached hydrogens (tertiary/aromatic N) is 2. The number of fused-ring (bicyclic) bond motifs is 1. The summed E-state index contributed by atoms with van der Waals surface area (Å²) in [6.07, 6.45) is -0.724. The average molecular weight is 504 g/mol. The van der Waals surface area contributed by atoms with E-state index in [1.54, 1.807) is 17.0 Å². The van der Waals surface area contributed by atoms with Crippen LogP contribution in [-0.4, -0.2) is 65.8 Å². The number of carbonyl (C=O) groups is 4. The van der Waals surface area contributed by atoms with Gasteiger partial charge in [-0.2, -0.15) is 8.42 Å². The molecular formula is C23H25N3O8S. The van der Waals surface area contributed by atoms with Crippen molar-refractivity contribution in [3.8, 4) is 0 Å². The van der Waals surface area contributed by atoms with Crippen molar-refractivity contribution < 1.29 is 37.3 Å². The van der Waals surface area contributed by atoms with Crippen molar-refractivity contribution in [1.29, 1.82) is 0 Å². The zero-order valence-corrected chi connectivity index (χ0v) is 19.9. The highest BCUT2D eigenvalue weighted by atomic mass is 32.2. The van der Waals surface area contributed by atoms with Crippen LogP contribution in [0.15, 0.2) is 47.4 Å². The van der Waals surface area contributed by atoms with Gasteiger partial charge in [0, 0.05) is 25.2 Å². The molecule has 1 aliphatic rings. The van der Waals surface area contributed by atoms with Crippen LogP contribution in [0.3, 0.4) is 0 Å². The Bertz CT molecular complexity index is 1250. The molecule has 0 saturated carbocycles. The summed E-state index contributed by atoms with van der Waals surface area (Å²) in [4.78, 5) is 51.5. The van der Waals surface area contributed by atoms with E-state index in [2.05, 4.69) is 5.32 Å². The molecule has 11 nitrogen and oxygen atoms in total. The van der Waals surface area contributed by atoms with Gasteiger partial charge >= 0.3 is 5.97 Å². The number of hydrogen-bond acceptors (Lipinski definition) is 7. The van der Waals surface area contributed by atoms with E-state index in [1.165, 1.54) is 24.3 Å². The number of carboxylic acids is 1. The molecule has 0 fully saturated rings. The number of nitrogens with one attached hydrogen (secondary N) is 1. The Hall–Kier alpha value is -3.77. The largest absolute Gasteiger partial charge is 0.480 e. The number of rotatable bonds is 10. The Labute approximate surface area is 202 Å². The fourth-order valence-electron chi connectivity index (χ4n) is 3.97. The maximum absolute atomic E-state index is 12.6. The Morgan fingerprint density at radius 1 is 1.03 bits per heavy atom. The minimum Gasteiger partial charge on any atom is -0.480 e. The lowest BCUT2D eigenvalue weighted by molar-refractivity contribution is -0.141. The van der Waals surface area contributed by atoms with E-state index >= 15 is 0 Å². The molecule has 1 heterocycles. The third-order valence-corrected chi connectivity index (χ3v) is 6.58. The molecule has 3 rings (SSSR count). The predicted molar refractivity (Wildman–Crippen MR) is 126 cm³/mol. The minimum atomic E-state index is -4.60. The van der Waals surface area contributed by atoms with Gasteiger partial charge < -0.3 is 15.3 Å². The Morgan fingerprint density at radius 3 is 2.09 bits per heavy atom. The van der Waals surface area contributed by atoms with Gasteiger partial charge in [-0.15, -0.1) is 0 Å². The van der Waals surface area contributed by atoms with Gasteiger partial charge in [0.05, 0.1) is 16.8 Å². The van der Waals surface area contributed by atoms with Gasteiger partial charge in [0.15, 0.2) is 0 Å². The van der Waals surface area contributed by atoms with Gasteiger partial charge in [-0.1, -0.05) is 12.1 Å². The van der Waals surface area contributed by atoms with E-state index in [1.807, 2.05) is 13.8 Å². The molecule has 0 aromatic heterocycles. The van der Waals surface area contributed by atoms with Crippen LogP contribution in [0.2, 0.25) is 0 Å². The number of imide groups is 1. The molecule has 2 aromatic carbocycles. The van der Waals surface area contributed by atoms with E-state index in [0.29, 0.717) is 18.0 Å². The topological polar surface area (TPSA) is 161 Å². The zero-order chi connectivity index (χ0) is 25.9. The van der Waals surface area contributed by atoms with Crippen LogP contribution in [0, 0.1) is 0 Å². The smallest absolute Gasteiger partial charge is 0.326 e. The molecule has 0 aliphatic carbocycles. The quantitative estimate of drug-likeness (QED) is 0.326. The molecule has 0 radical (unpaired) electrons. The first-order valence-electron chi connectivity index (χ1n) is 10.9. The van der Waals surface area contributed by atoms with Crippen LogP contribution >= 0.6 is 0 Å². The van der Waals surface area contributed by atoms with Gasteiger partial charge in [-0.25, -0.2) is 4.79 Å². The SMILES string of the molecule is CCN(CC)c1ccc(NC(=O)CC[C@@H](C(=O)O)N2C(=O)c3ccccc3C2=O)cc1S(=O)(=O)O. The lowest BCUT2D eigenvalue weighted by Gasteiger charge is -2.24. The summed E-state index contributed by atoms with van der Waals surface area (Å²) in [6, 6.07) is 8.42. The number of amides is 3. The summed E-state index contributed by atoms with van der Waals surface area (Å²) < 4.78 is 33.5. The van der Waals surface area contributed by atoms with Crippen molar-refractivity contribution in [3.05, 3.63) is 53.6 Å². The number of hydrogen-bond donors (Lipinski definition) is 3. The van der Waals surface area contributed by atoms with Crippen molar-refractivity contribution in [1.82, 2.24) is 4.90 Å². The summed E-state index contributed by atoms with van der Waals surface area (Å²) in [5, 5.41) is 12.1. The van der Waals surface area contributed by atoms with Crippen LogP contribution in [0.25, 0.3) is 0 Å². The standard InChI is InChI=1S/C23H25N3O8S/c1-3-25(4-2)17-10-9-14(13-19(17)35(32,33)34)24-20(27)12-11-18(23(30)31)26-21(28)15-7-5-6-8-16(15)22(26)29/h5-10,13,18H,3-4,11-12H2,1-2H3,(H,24,27)(H,30,31)(H,32,33,34)/t18-/m0/s1. The molecule has 12 heteroatoms. The molecular weight excluding hydrogens is 478 g/mol. The normalized spacial score (nSPS) is 14.0. The summed E-state index contributed by atoms with van der Waals surface area (Å²) in [5.41, 5.74) is 0.539. The van der Waals surface area contributed by atoms with Gasteiger partial charge in [-0.3, -0.25) is 23.8 Å². The van der Waals surface area contributed by atoms with Crippen molar-refractivity contribution in [2.24, 2.45) is 0 Å². The summed E-state index contributed by atoms with van der Waals surface area (Å²) in [6.45, 7) is 4.61. The van der Waals surface area contributed by atoms with Crippen molar-refractivity contribution in [2.45, 2.75) is 37.6 Å². The Morgan fingerprint density at radius 2 is 1.60 bits per heavy atom. The zero-order valence-electron chi connectivity index (χ0n) is 19.1. The molecule has 0 bridgehead atoms. The van der Waals surface area contributed by atoms with E-state index < -0.39 is 39.9 Å². The highest BCUT2D eigenvalue weighted by Crippen LogP contribution is 2.29. The molecule has 3 amide bonds. The summed E-state index contributed by atoms with van der Waals surface area (Å²) in [7, 11) is -4.60. The lowest BCUT2D eigenvalue weighted by atomic mass is 10.1. The predicted octanol–water partition coefficient (Wildman–Crippen LogP) is 2.25. The van der Waals surface area contributed by atoms with E-state index in [-0.39, 0.29) is 40.2 Å². The molecule has 186 valence electrons.